The van der Waals surface area contributed by atoms with E-state index in [9.17, 15) is 4.79 Å². The first-order valence-electron chi connectivity index (χ1n) is 11.5. The molecular weight excluding hydrogens is 432 g/mol. The molecule has 35 heavy (non-hydrogen) atoms. The van der Waals surface area contributed by atoms with Crippen molar-refractivity contribution in [1.29, 1.82) is 0 Å². The Hall–Kier alpha value is -4.57. The minimum absolute atomic E-state index is 0.329. The Morgan fingerprint density at radius 1 is 0.771 bits per heavy atom. The Labute approximate surface area is 203 Å². The molecule has 4 heteroatoms. The maximum atomic E-state index is 13.2. The minimum atomic E-state index is -1.23. The second-order valence-electron chi connectivity index (χ2n) is 8.73. The van der Waals surface area contributed by atoms with E-state index in [0.29, 0.717) is 17.0 Å². The van der Waals surface area contributed by atoms with E-state index < -0.39 is 11.6 Å². The fourth-order valence-electron chi connectivity index (χ4n) is 5.06. The van der Waals surface area contributed by atoms with Crippen LogP contribution in [0.3, 0.4) is 0 Å². The van der Waals surface area contributed by atoms with Crippen LogP contribution in [0.15, 0.2) is 116 Å². The zero-order chi connectivity index (χ0) is 24.0. The van der Waals surface area contributed by atoms with Crippen LogP contribution in [0.1, 0.15) is 23.6 Å². The van der Waals surface area contributed by atoms with E-state index in [1.54, 1.807) is 19.3 Å². The van der Waals surface area contributed by atoms with Gasteiger partial charge in [-0.05, 0) is 41.0 Å². The highest BCUT2D eigenvalue weighted by Crippen LogP contribution is 2.55. The van der Waals surface area contributed by atoms with E-state index in [2.05, 4.69) is 36.9 Å². The Bertz CT molecular complexity index is 1620. The molecule has 0 aliphatic heterocycles. The normalized spacial score (nSPS) is 15.9. The van der Waals surface area contributed by atoms with Crippen LogP contribution in [0.5, 0.6) is 0 Å². The second kappa shape index (κ2) is 8.03. The topological polar surface area (TPSA) is 52.1 Å². The van der Waals surface area contributed by atoms with Crippen LogP contribution >= 0.6 is 0 Å². The molecular formula is C31H22N2O2. The molecule has 1 unspecified atom stereocenters. The van der Waals surface area contributed by atoms with Crippen LogP contribution in [0.2, 0.25) is 0 Å². The fourth-order valence-corrected chi connectivity index (χ4v) is 5.06. The van der Waals surface area contributed by atoms with Crippen LogP contribution in [0.25, 0.3) is 33.3 Å². The standard InChI is InChI=1S/C31H22N2O2/c1-20(2)30(34)35-31(22-12-4-3-5-13-22)26-16-9-18-32-28(26)29-27(31)25(17-19-33-29)24-15-8-11-21-10-6-7-14-23(21)24/h3-19H,1H2,2H3. The van der Waals surface area contributed by atoms with Gasteiger partial charge in [0, 0.05) is 34.7 Å². The van der Waals surface area contributed by atoms with Gasteiger partial charge in [-0.3, -0.25) is 9.97 Å². The molecule has 4 nitrogen and oxygen atoms in total. The highest BCUT2D eigenvalue weighted by Gasteiger charge is 2.51. The number of esters is 1. The maximum Gasteiger partial charge on any atom is 0.334 e. The van der Waals surface area contributed by atoms with Crippen LogP contribution < -0.4 is 0 Å². The van der Waals surface area contributed by atoms with Crippen molar-refractivity contribution >= 4 is 16.7 Å². The third-order valence-corrected chi connectivity index (χ3v) is 6.57. The van der Waals surface area contributed by atoms with Crippen LogP contribution in [0.4, 0.5) is 0 Å². The lowest BCUT2D eigenvalue weighted by Gasteiger charge is -2.33. The summed E-state index contributed by atoms with van der Waals surface area (Å²) < 4.78 is 6.46. The third-order valence-electron chi connectivity index (χ3n) is 6.57. The summed E-state index contributed by atoms with van der Waals surface area (Å²) in [5, 5.41) is 2.24. The third kappa shape index (κ3) is 3.11. The van der Waals surface area contributed by atoms with Crippen molar-refractivity contribution in [3.05, 3.63) is 132 Å². The number of fused-ring (bicyclic) bond motifs is 4. The van der Waals surface area contributed by atoms with Gasteiger partial charge in [0.25, 0.3) is 0 Å². The monoisotopic (exact) mass is 454 g/mol. The highest BCUT2D eigenvalue weighted by atomic mass is 16.6. The SMILES string of the molecule is C=C(C)C(=O)OC1(c2ccccc2)c2cccnc2-c2nccc(-c3cccc4ccccc34)c21. The number of carbonyl (C=O) groups is 1. The van der Waals surface area contributed by atoms with Gasteiger partial charge in [0.2, 0.25) is 0 Å². The Morgan fingerprint density at radius 2 is 1.51 bits per heavy atom. The molecule has 0 saturated heterocycles. The smallest absolute Gasteiger partial charge is 0.334 e. The number of aromatic nitrogens is 2. The Kier molecular flexibility index (Phi) is 4.82. The van der Waals surface area contributed by atoms with E-state index in [1.807, 2.05) is 60.7 Å². The molecule has 0 spiro atoms. The largest absolute Gasteiger partial charge is 0.441 e. The average molecular weight is 455 g/mol. The van der Waals surface area contributed by atoms with E-state index in [-0.39, 0.29) is 0 Å². The number of nitrogens with zero attached hydrogens (tertiary/aromatic N) is 2. The highest BCUT2D eigenvalue weighted by molar-refractivity contribution is 6.00. The molecule has 0 fully saturated rings. The second-order valence-corrected chi connectivity index (χ2v) is 8.73. The fraction of sp³-hybridized carbons (Fsp3) is 0.0645. The molecule has 1 aliphatic carbocycles. The van der Waals surface area contributed by atoms with Crippen LogP contribution in [-0.2, 0) is 15.1 Å². The minimum Gasteiger partial charge on any atom is -0.441 e. The quantitative estimate of drug-likeness (QED) is 0.224. The molecule has 0 N–H and O–H groups in total. The van der Waals surface area contributed by atoms with Crippen molar-refractivity contribution < 1.29 is 9.53 Å². The summed E-state index contributed by atoms with van der Waals surface area (Å²) in [6, 6.07) is 30.2. The first-order valence-corrected chi connectivity index (χ1v) is 11.5. The zero-order valence-corrected chi connectivity index (χ0v) is 19.2. The molecule has 0 amide bonds. The maximum absolute atomic E-state index is 13.2. The predicted molar refractivity (Wildman–Crippen MR) is 138 cm³/mol. The Balaban J connectivity index is 1.76. The van der Waals surface area contributed by atoms with E-state index >= 15 is 0 Å². The van der Waals surface area contributed by atoms with Crippen molar-refractivity contribution in [2.75, 3.05) is 0 Å². The molecule has 0 saturated carbocycles. The summed E-state index contributed by atoms with van der Waals surface area (Å²) >= 11 is 0. The molecule has 1 aliphatic rings. The molecule has 3 aromatic carbocycles. The number of pyridine rings is 2. The lowest BCUT2D eigenvalue weighted by atomic mass is 9.80. The molecule has 2 aromatic heterocycles. The Morgan fingerprint density at radius 3 is 2.34 bits per heavy atom. The molecule has 2 heterocycles. The van der Waals surface area contributed by atoms with Crippen LogP contribution in [-0.4, -0.2) is 15.9 Å². The lowest BCUT2D eigenvalue weighted by Crippen LogP contribution is -2.34. The van der Waals surface area contributed by atoms with Gasteiger partial charge in [0.1, 0.15) is 0 Å². The number of rotatable bonds is 4. The number of carbonyl (C=O) groups excluding carboxylic acids is 1. The first-order chi connectivity index (χ1) is 17.1. The molecule has 5 aromatic rings. The van der Waals surface area contributed by atoms with Gasteiger partial charge in [-0.2, -0.15) is 0 Å². The summed E-state index contributed by atoms with van der Waals surface area (Å²) in [5.41, 5.74) is 4.95. The molecule has 168 valence electrons. The van der Waals surface area contributed by atoms with E-state index in [1.165, 1.54) is 0 Å². The van der Waals surface area contributed by atoms with Crippen molar-refractivity contribution in [3.8, 4) is 22.5 Å². The molecule has 0 radical (unpaired) electrons. The first kappa shape index (κ1) is 21.0. The molecule has 1 atom stereocenters. The van der Waals surface area contributed by atoms with Crippen molar-refractivity contribution in [2.24, 2.45) is 0 Å². The van der Waals surface area contributed by atoms with Gasteiger partial charge in [-0.1, -0.05) is 85.4 Å². The van der Waals surface area contributed by atoms with Gasteiger partial charge < -0.3 is 4.74 Å². The van der Waals surface area contributed by atoms with Gasteiger partial charge in [-0.25, -0.2) is 4.79 Å². The number of hydrogen-bond donors (Lipinski definition) is 0. The summed E-state index contributed by atoms with van der Waals surface area (Å²) in [4.78, 5) is 22.7. The van der Waals surface area contributed by atoms with E-state index in [4.69, 9.17) is 14.7 Å². The summed E-state index contributed by atoms with van der Waals surface area (Å²) in [6.07, 6.45) is 3.55. The molecule has 6 rings (SSSR count). The van der Waals surface area contributed by atoms with Gasteiger partial charge in [-0.15, -0.1) is 0 Å². The summed E-state index contributed by atoms with van der Waals surface area (Å²) in [7, 11) is 0. The predicted octanol–water partition coefficient (Wildman–Crippen LogP) is 6.69. The molecule has 0 bridgehead atoms. The summed E-state index contributed by atoms with van der Waals surface area (Å²) in [6.45, 7) is 5.51. The van der Waals surface area contributed by atoms with Crippen molar-refractivity contribution in [2.45, 2.75) is 12.5 Å². The number of benzene rings is 3. The van der Waals surface area contributed by atoms with Crippen molar-refractivity contribution in [3.63, 3.8) is 0 Å². The van der Waals surface area contributed by atoms with E-state index in [0.717, 1.165) is 38.6 Å². The van der Waals surface area contributed by atoms with Crippen molar-refractivity contribution in [1.82, 2.24) is 9.97 Å². The lowest BCUT2D eigenvalue weighted by molar-refractivity contribution is -0.148. The zero-order valence-electron chi connectivity index (χ0n) is 19.2. The van der Waals surface area contributed by atoms with Gasteiger partial charge in [0.15, 0.2) is 5.60 Å². The van der Waals surface area contributed by atoms with Gasteiger partial charge in [0.05, 0.1) is 11.4 Å². The number of ether oxygens (including phenoxy) is 1. The van der Waals surface area contributed by atoms with Gasteiger partial charge >= 0.3 is 5.97 Å². The summed E-state index contributed by atoms with van der Waals surface area (Å²) in [5.74, 6) is -0.468. The number of hydrogen-bond acceptors (Lipinski definition) is 4. The van der Waals surface area contributed by atoms with Crippen LogP contribution in [0, 0.1) is 0 Å². The average Bonchev–Trinajstić information content (AvgIpc) is 3.19.